The van der Waals surface area contributed by atoms with E-state index in [-0.39, 0.29) is 53.4 Å². The van der Waals surface area contributed by atoms with Crippen LogP contribution in [0.5, 0.6) is 0 Å². The largest absolute Gasteiger partial charge is 4.00 e. The van der Waals surface area contributed by atoms with Crippen molar-refractivity contribution in [3.05, 3.63) is 144 Å². The zero-order valence-electron chi connectivity index (χ0n) is 19.3. The molecule has 9 heteroatoms. The molecule has 37 heavy (non-hydrogen) atoms. The maximum absolute atomic E-state index is 10.1. The van der Waals surface area contributed by atoms with E-state index in [0.29, 0.717) is 0 Å². The third kappa shape index (κ3) is 14.7. The molecule has 0 saturated heterocycles. The summed E-state index contributed by atoms with van der Waals surface area (Å²) in [5.74, 6) is -4.52. The Morgan fingerprint density at radius 3 is 0.541 bits per heavy atom. The van der Waals surface area contributed by atoms with Crippen LogP contribution in [-0.4, -0.2) is 23.9 Å². The molecular formula is C28H20O8U. The zero-order chi connectivity index (χ0) is 26.8. The molecular weight excluding hydrogens is 702 g/mol. The number of hydrogen-bond acceptors (Lipinski definition) is 8. The second-order valence-electron chi connectivity index (χ2n) is 6.61. The van der Waals surface area contributed by atoms with Crippen molar-refractivity contribution < 1.29 is 70.7 Å². The summed E-state index contributed by atoms with van der Waals surface area (Å²) in [4.78, 5) is 40.4. The number of carboxylic acids is 4. The van der Waals surface area contributed by atoms with Gasteiger partial charge in [0, 0.05) is 0 Å². The molecule has 0 atom stereocenters. The second-order valence-corrected chi connectivity index (χ2v) is 6.61. The Bertz CT molecular complexity index is 1020. The first-order chi connectivity index (χ1) is 17.2. The molecule has 0 aliphatic carbocycles. The van der Waals surface area contributed by atoms with E-state index in [2.05, 4.69) is 0 Å². The summed E-state index contributed by atoms with van der Waals surface area (Å²) in [7, 11) is 0. The van der Waals surface area contributed by atoms with Crippen LogP contribution in [0.25, 0.3) is 0 Å². The van der Waals surface area contributed by atoms with E-state index in [9.17, 15) is 39.6 Å². The van der Waals surface area contributed by atoms with Gasteiger partial charge in [-0.15, -0.1) is 0 Å². The van der Waals surface area contributed by atoms with Crippen molar-refractivity contribution in [2.24, 2.45) is 0 Å². The normalized spacial score (nSPS) is 8.65. The van der Waals surface area contributed by atoms with Crippen molar-refractivity contribution in [1.82, 2.24) is 0 Å². The van der Waals surface area contributed by atoms with Gasteiger partial charge in [-0.1, -0.05) is 121 Å². The standard InChI is InChI=1S/4C7H6O2.U/c4*8-7(9)6-4-2-1-3-5-6;/h4*1-5H,(H,8,9);/q;;;;+4/p-4. The first kappa shape index (κ1) is 32.8. The van der Waals surface area contributed by atoms with E-state index in [1.807, 2.05) is 0 Å². The summed E-state index contributed by atoms with van der Waals surface area (Å²) < 4.78 is 0. The Balaban J connectivity index is 0.000000463. The summed E-state index contributed by atoms with van der Waals surface area (Å²) in [6.07, 6.45) is 0. The molecule has 0 aliphatic heterocycles. The van der Waals surface area contributed by atoms with Gasteiger partial charge in [-0.25, -0.2) is 0 Å². The average Bonchev–Trinajstić information content (AvgIpc) is 2.92. The van der Waals surface area contributed by atoms with Crippen molar-refractivity contribution in [2.45, 2.75) is 0 Å². The summed E-state index contributed by atoms with van der Waals surface area (Å²) in [6.45, 7) is 0. The van der Waals surface area contributed by atoms with Gasteiger partial charge < -0.3 is 39.6 Å². The minimum absolute atomic E-state index is 0. The van der Waals surface area contributed by atoms with E-state index >= 15 is 0 Å². The van der Waals surface area contributed by atoms with Crippen LogP contribution in [0.3, 0.4) is 0 Å². The number of hydrogen-bond donors (Lipinski definition) is 0. The van der Waals surface area contributed by atoms with Gasteiger partial charge in [-0.05, 0) is 22.3 Å². The Morgan fingerprint density at radius 2 is 0.459 bits per heavy atom. The molecule has 0 aromatic heterocycles. The maximum Gasteiger partial charge on any atom is 4.00 e. The van der Waals surface area contributed by atoms with Crippen molar-refractivity contribution in [3.63, 3.8) is 0 Å². The topological polar surface area (TPSA) is 161 Å². The zero-order valence-corrected chi connectivity index (χ0v) is 23.5. The number of rotatable bonds is 4. The van der Waals surface area contributed by atoms with E-state index in [0.717, 1.165) is 0 Å². The fourth-order valence-corrected chi connectivity index (χ4v) is 2.30. The monoisotopic (exact) mass is 722 g/mol. The van der Waals surface area contributed by atoms with Crippen LogP contribution < -0.4 is 20.4 Å². The number of benzene rings is 4. The fourth-order valence-electron chi connectivity index (χ4n) is 2.30. The molecule has 4 rings (SSSR count). The minimum atomic E-state index is -1.13. The van der Waals surface area contributed by atoms with Gasteiger partial charge in [0.15, 0.2) is 0 Å². The van der Waals surface area contributed by atoms with Crippen LogP contribution in [-0.2, 0) is 0 Å². The van der Waals surface area contributed by atoms with E-state index < -0.39 is 23.9 Å². The number of aromatic carboxylic acids is 4. The number of carbonyl (C=O) groups is 4. The fraction of sp³-hybridized carbons (Fsp3) is 0. The molecule has 184 valence electrons. The van der Waals surface area contributed by atoms with Crippen LogP contribution in [0, 0.1) is 31.1 Å². The van der Waals surface area contributed by atoms with Gasteiger partial charge in [-0.3, -0.25) is 0 Å². The van der Waals surface area contributed by atoms with E-state index in [1.165, 1.54) is 48.5 Å². The minimum Gasteiger partial charge on any atom is -0.545 e. The molecule has 0 bridgehead atoms. The van der Waals surface area contributed by atoms with Gasteiger partial charge in [0.1, 0.15) is 0 Å². The quantitative estimate of drug-likeness (QED) is 0.289. The van der Waals surface area contributed by atoms with Gasteiger partial charge >= 0.3 is 31.1 Å². The first-order valence-corrected chi connectivity index (χ1v) is 10.3. The molecule has 0 heterocycles. The Morgan fingerprint density at radius 1 is 0.324 bits per heavy atom. The molecule has 0 saturated carbocycles. The van der Waals surface area contributed by atoms with Crippen molar-refractivity contribution >= 4 is 23.9 Å². The van der Waals surface area contributed by atoms with Gasteiger partial charge in [0.2, 0.25) is 0 Å². The molecule has 0 aliphatic rings. The molecule has 0 amide bonds. The predicted molar refractivity (Wildman–Crippen MR) is 123 cm³/mol. The van der Waals surface area contributed by atoms with Crippen molar-refractivity contribution in [2.75, 3.05) is 0 Å². The van der Waals surface area contributed by atoms with Gasteiger partial charge in [0.25, 0.3) is 0 Å². The van der Waals surface area contributed by atoms with Crippen LogP contribution in [0.15, 0.2) is 121 Å². The van der Waals surface area contributed by atoms with Gasteiger partial charge in [-0.2, -0.15) is 0 Å². The summed E-state index contributed by atoms with van der Waals surface area (Å²) in [5.41, 5.74) is 0.880. The average molecular weight is 722 g/mol. The smallest absolute Gasteiger partial charge is 0.545 e. The van der Waals surface area contributed by atoms with Crippen LogP contribution in [0.1, 0.15) is 41.4 Å². The van der Waals surface area contributed by atoms with E-state index in [4.69, 9.17) is 0 Å². The number of carboxylic acid groups (broad SMARTS) is 4. The third-order valence-corrected chi connectivity index (χ3v) is 4.04. The SMILES string of the molecule is O=C([O-])c1ccccc1.O=C([O-])c1ccccc1.O=C([O-])c1ccccc1.O=C([O-])c1ccccc1.[U+4]. The molecule has 4 aromatic carbocycles. The molecule has 8 nitrogen and oxygen atoms in total. The molecule has 0 unspecified atom stereocenters. The first-order valence-electron chi connectivity index (χ1n) is 10.3. The summed E-state index contributed by atoms with van der Waals surface area (Å²) >= 11 is 0. The Kier molecular flexibility index (Phi) is 16.9. The summed E-state index contributed by atoms with van der Waals surface area (Å²) in [5, 5.41) is 40.4. The molecule has 4 aromatic rings. The van der Waals surface area contributed by atoms with Crippen molar-refractivity contribution in [1.29, 1.82) is 0 Å². The Hall–Kier alpha value is -4.19. The van der Waals surface area contributed by atoms with E-state index in [1.54, 1.807) is 72.8 Å². The van der Waals surface area contributed by atoms with Crippen LogP contribution >= 0.6 is 0 Å². The Labute approximate surface area is 237 Å². The molecule has 0 N–H and O–H groups in total. The molecule has 0 radical (unpaired) electrons. The third-order valence-electron chi connectivity index (χ3n) is 4.04. The summed E-state index contributed by atoms with van der Waals surface area (Å²) in [6, 6.07) is 32.3. The second kappa shape index (κ2) is 19.1. The van der Waals surface area contributed by atoms with Crippen molar-refractivity contribution in [3.8, 4) is 0 Å². The molecule has 0 spiro atoms. The van der Waals surface area contributed by atoms with Crippen LogP contribution in [0.4, 0.5) is 0 Å². The predicted octanol–water partition coefficient (Wildman–Crippen LogP) is 0.200. The van der Waals surface area contributed by atoms with Crippen LogP contribution in [0.2, 0.25) is 0 Å². The number of carbonyl (C=O) groups excluding carboxylic acids is 4. The maximum atomic E-state index is 10.1. The molecule has 0 fully saturated rings. The van der Waals surface area contributed by atoms with Gasteiger partial charge in [0.05, 0.1) is 23.9 Å².